The molecule has 1 unspecified atom stereocenters. The number of nitrogens with one attached hydrogen (secondary N) is 1. The average Bonchev–Trinajstić information content (AvgIpc) is 2.60. The highest BCUT2D eigenvalue weighted by atomic mass is 32.2. The van der Waals surface area contributed by atoms with Crippen LogP contribution < -0.4 is 10.5 Å². The van der Waals surface area contributed by atoms with Gasteiger partial charge in [-0.25, -0.2) is 13.6 Å². The van der Waals surface area contributed by atoms with Gasteiger partial charge in [0.15, 0.2) is 0 Å². The summed E-state index contributed by atoms with van der Waals surface area (Å²) in [5.74, 6) is -0.122. The fourth-order valence-corrected chi connectivity index (χ4v) is 3.50. The van der Waals surface area contributed by atoms with Crippen molar-refractivity contribution in [2.75, 3.05) is 11.9 Å². The van der Waals surface area contributed by atoms with E-state index >= 15 is 0 Å². The zero-order valence-corrected chi connectivity index (χ0v) is 14.8. The van der Waals surface area contributed by atoms with Crippen molar-refractivity contribution in [2.45, 2.75) is 30.8 Å². The highest BCUT2D eigenvalue weighted by Gasteiger charge is 2.25. The number of benzene rings is 2. The smallest absolute Gasteiger partial charge is 0.241 e. The van der Waals surface area contributed by atoms with Gasteiger partial charge in [0.25, 0.3) is 0 Å². The number of anilines is 1. The topological polar surface area (TPSA) is 92.5 Å². The molecule has 0 fully saturated rings. The quantitative estimate of drug-likeness (QED) is 0.869. The fraction of sp³-hybridized carbons (Fsp3) is 0.278. The molecule has 0 aromatic heterocycles. The van der Waals surface area contributed by atoms with Crippen molar-refractivity contribution >= 4 is 21.6 Å². The number of rotatable bonds is 4. The molecule has 0 radical (unpaired) electrons. The fourth-order valence-electron chi connectivity index (χ4n) is 2.99. The first-order valence-electron chi connectivity index (χ1n) is 8.09. The molecule has 2 aromatic carbocycles. The van der Waals surface area contributed by atoms with Gasteiger partial charge in [0.2, 0.25) is 15.9 Å². The van der Waals surface area contributed by atoms with Gasteiger partial charge in [0, 0.05) is 18.8 Å². The Morgan fingerprint density at radius 2 is 1.76 bits per heavy atom. The van der Waals surface area contributed by atoms with E-state index in [4.69, 9.17) is 5.14 Å². The van der Waals surface area contributed by atoms with E-state index in [0.717, 1.165) is 19.5 Å². The Bertz CT molecular complexity index is 879. The lowest BCUT2D eigenvalue weighted by Crippen LogP contribution is -2.44. The minimum absolute atomic E-state index is 0.0196. The largest absolute Gasteiger partial charge is 0.325 e. The first-order valence-corrected chi connectivity index (χ1v) is 9.64. The zero-order chi connectivity index (χ0) is 18.0. The number of fused-ring (bicyclic) bond motifs is 1. The Balaban J connectivity index is 1.65. The molecule has 1 aliphatic rings. The number of carbonyl (C=O) groups is 1. The first-order chi connectivity index (χ1) is 11.8. The van der Waals surface area contributed by atoms with Crippen molar-refractivity contribution in [1.82, 2.24) is 4.90 Å². The van der Waals surface area contributed by atoms with Gasteiger partial charge in [-0.3, -0.25) is 9.69 Å². The number of hydrogen-bond donors (Lipinski definition) is 2. The van der Waals surface area contributed by atoms with Crippen LogP contribution in [0.2, 0.25) is 0 Å². The second kappa shape index (κ2) is 6.95. The summed E-state index contributed by atoms with van der Waals surface area (Å²) in [6, 6.07) is 13.8. The summed E-state index contributed by atoms with van der Waals surface area (Å²) in [4.78, 5) is 14.7. The van der Waals surface area contributed by atoms with Gasteiger partial charge < -0.3 is 5.32 Å². The molecule has 132 valence electrons. The van der Waals surface area contributed by atoms with E-state index in [1.54, 1.807) is 0 Å². The van der Waals surface area contributed by atoms with Gasteiger partial charge >= 0.3 is 0 Å². The third-order valence-electron chi connectivity index (χ3n) is 4.54. The predicted octanol–water partition coefficient (Wildman–Crippen LogP) is 1.72. The van der Waals surface area contributed by atoms with Crippen LogP contribution in [0.4, 0.5) is 5.69 Å². The maximum absolute atomic E-state index is 12.5. The number of amides is 1. The molecule has 0 saturated heterocycles. The number of carbonyl (C=O) groups excluding carboxylic acids is 1. The summed E-state index contributed by atoms with van der Waals surface area (Å²) in [6.07, 6.45) is 0.927. The summed E-state index contributed by atoms with van der Waals surface area (Å²) in [7, 11) is -3.73. The average molecular weight is 359 g/mol. The molecular formula is C18H21N3O3S. The molecular weight excluding hydrogens is 338 g/mol. The normalized spacial score (nSPS) is 16.1. The Labute approximate surface area is 147 Å². The monoisotopic (exact) mass is 359 g/mol. The molecule has 1 amide bonds. The van der Waals surface area contributed by atoms with E-state index in [9.17, 15) is 13.2 Å². The molecule has 1 aliphatic heterocycles. The van der Waals surface area contributed by atoms with Gasteiger partial charge in [-0.05, 0) is 48.7 Å². The van der Waals surface area contributed by atoms with Crippen LogP contribution in [0, 0.1) is 0 Å². The van der Waals surface area contributed by atoms with Crippen molar-refractivity contribution in [3.8, 4) is 0 Å². The summed E-state index contributed by atoms with van der Waals surface area (Å²) in [5.41, 5.74) is 3.14. The first kappa shape index (κ1) is 17.6. The highest BCUT2D eigenvalue weighted by Crippen LogP contribution is 2.21. The Morgan fingerprint density at radius 1 is 1.12 bits per heavy atom. The van der Waals surface area contributed by atoms with E-state index < -0.39 is 10.0 Å². The second-order valence-electron chi connectivity index (χ2n) is 6.22. The van der Waals surface area contributed by atoms with Gasteiger partial charge in [0.05, 0.1) is 10.9 Å². The lowest BCUT2D eigenvalue weighted by Gasteiger charge is -2.32. The second-order valence-corrected chi connectivity index (χ2v) is 7.79. The van der Waals surface area contributed by atoms with Crippen LogP contribution >= 0.6 is 0 Å². The molecule has 1 heterocycles. The summed E-state index contributed by atoms with van der Waals surface area (Å²) < 4.78 is 22.5. The van der Waals surface area contributed by atoms with Crippen LogP contribution in [-0.4, -0.2) is 31.8 Å². The lowest BCUT2D eigenvalue weighted by atomic mass is 9.99. The Kier molecular flexibility index (Phi) is 4.89. The highest BCUT2D eigenvalue weighted by molar-refractivity contribution is 7.89. The number of nitrogens with zero attached hydrogens (tertiary/aromatic N) is 1. The van der Waals surface area contributed by atoms with Gasteiger partial charge in [0.1, 0.15) is 0 Å². The number of nitrogens with two attached hydrogens (primary N) is 1. The molecule has 6 nitrogen and oxygen atoms in total. The van der Waals surface area contributed by atoms with Crippen LogP contribution in [0.25, 0.3) is 0 Å². The third kappa shape index (κ3) is 4.07. The van der Waals surface area contributed by atoms with Crippen molar-refractivity contribution in [1.29, 1.82) is 0 Å². The maximum Gasteiger partial charge on any atom is 0.241 e. The zero-order valence-electron chi connectivity index (χ0n) is 14.0. The molecule has 2 aromatic rings. The predicted molar refractivity (Wildman–Crippen MR) is 96.5 cm³/mol. The van der Waals surface area contributed by atoms with Gasteiger partial charge in [-0.2, -0.15) is 0 Å². The van der Waals surface area contributed by atoms with E-state index in [0.29, 0.717) is 5.69 Å². The minimum Gasteiger partial charge on any atom is -0.325 e. The van der Waals surface area contributed by atoms with Gasteiger partial charge in [-0.15, -0.1) is 0 Å². The number of primary sulfonamides is 1. The van der Waals surface area contributed by atoms with E-state index in [-0.39, 0.29) is 16.8 Å². The van der Waals surface area contributed by atoms with Crippen molar-refractivity contribution < 1.29 is 13.2 Å². The molecule has 7 heteroatoms. The third-order valence-corrected chi connectivity index (χ3v) is 5.47. The minimum atomic E-state index is -3.73. The van der Waals surface area contributed by atoms with Crippen LogP contribution in [0.15, 0.2) is 53.4 Å². The Morgan fingerprint density at radius 3 is 2.40 bits per heavy atom. The molecule has 0 aliphatic carbocycles. The van der Waals surface area contributed by atoms with E-state index in [2.05, 4.69) is 22.3 Å². The number of hydrogen-bond acceptors (Lipinski definition) is 4. The summed E-state index contributed by atoms with van der Waals surface area (Å²) in [6.45, 7) is 3.45. The van der Waals surface area contributed by atoms with E-state index in [1.807, 2.05) is 19.1 Å². The van der Waals surface area contributed by atoms with Crippen LogP contribution in [0.3, 0.4) is 0 Å². The van der Waals surface area contributed by atoms with Crippen molar-refractivity contribution in [2.24, 2.45) is 5.14 Å². The SMILES string of the molecule is CC(C(=O)Nc1ccc(S(N)(=O)=O)cc1)N1CCc2ccccc2C1. The van der Waals surface area contributed by atoms with Crippen LogP contribution in [0.1, 0.15) is 18.1 Å². The summed E-state index contributed by atoms with van der Waals surface area (Å²) >= 11 is 0. The molecule has 0 saturated carbocycles. The van der Waals surface area contributed by atoms with Crippen LogP contribution in [0.5, 0.6) is 0 Å². The van der Waals surface area contributed by atoms with E-state index in [1.165, 1.54) is 35.4 Å². The summed E-state index contributed by atoms with van der Waals surface area (Å²) in [5, 5.41) is 7.90. The van der Waals surface area contributed by atoms with Crippen LogP contribution in [-0.2, 0) is 27.8 Å². The van der Waals surface area contributed by atoms with Crippen molar-refractivity contribution in [3.05, 3.63) is 59.7 Å². The molecule has 3 N–H and O–H groups in total. The molecule has 0 bridgehead atoms. The molecule has 3 rings (SSSR count). The number of sulfonamides is 1. The van der Waals surface area contributed by atoms with Crippen molar-refractivity contribution in [3.63, 3.8) is 0 Å². The maximum atomic E-state index is 12.5. The molecule has 25 heavy (non-hydrogen) atoms. The Hall–Kier alpha value is -2.22. The molecule has 1 atom stereocenters. The lowest BCUT2D eigenvalue weighted by molar-refractivity contribution is -0.121. The standard InChI is InChI=1S/C18H21N3O3S/c1-13(21-11-10-14-4-2-3-5-15(14)12-21)18(22)20-16-6-8-17(9-7-16)25(19,23)24/h2-9,13H,10-12H2,1H3,(H,20,22)(H2,19,23,24). The van der Waals surface area contributed by atoms with Gasteiger partial charge in [-0.1, -0.05) is 24.3 Å². The molecule has 0 spiro atoms.